The SMILES string of the molecule is Cc1ccc2c(c1)OC1(CCN(C(=O)NCC3CC3)CC1)c1c-2nn(C2CCN(C(=O)OC(C)(C)C)C(C)(C)C2)c1C. The van der Waals surface area contributed by atoms with Crippen molar-refractivity contribution in [3.8, 4) is 17.0 Å². The minimum atomic E-state index is -0.533. The Morgan fingerprint density at radius 2 is 1.81 bits per heavy atom. The van der Waals surface area contributed by atoms with Crippen molar-refractivity contribution in [3.63, 3.8) is 0 Å². The van der Waals surface area contributed by atoms with Crippen molar-refractivity contribution >= 4 is 12.1 Å². The van der Waals surface area contributed by atoms with Gasteiger partial charge in [-0.05, 0) is 97.8 Å². The number of amides is 3. The molecule has 3 aliphatic heterocycles. The topological polar surface area (TPSA) is 88.9 Å². The predicted molar refractivity (Wildman–Crippen MR) is 162 cm³/mol. The number of nitrogens with zero attached hydrogens (tertiary/aromatic N) is 4. The second kappa shape index (κ2) is 10.2. The first-order chi connectivity index (χ1) is 19.8. The zero-order valence-electron chi connectivity index (χ0n) is 26.4. The van der Waals surface area contributed by atoms with Gasteiger partial charge in [0.05, 0.1) is 6.04 Å². The highest BCUT2D eigenvalue weighted by molar-refractivity contribution is 5.76. The van der Waals surface area contributed by atoms with Crippen LogP contribution in [0, 0.1) is 19.8 Å². The summed E-state index contributed by atoms with van der Waals surface area (Å²) in [5.74, 6) is 1.53. The number of urea groups is 1. The highest BCUT2D eigenvalue weighted by Crippen LogP contribution is 2.51. The molecule has 1 aliphatic carbocycles. The maximum atomic E-state index is 13.0. The number of piperidine rings is 2. The molecule has 1 atom stereocenters. The van der Waals surface area contributed by atoms with E-state index in [0.29, 0.717) is 25.6 Å². The van der Waals surface area contributed by atoms with Gasteiger partial charge < -0.3 is 24.6 Å². The molecule has 1 spiro atoms. The van der Waals surface area contributed by atoms with Gasteiger partial charge in [0.1, 0.15) is 22.6 Å². The molecule has 4 aliphatic rings. The number of aryl methyl sites for hydroxylation is 1. The Bertz CT molecular complexity index is 1380. The number of aromatic nitrogens is 2. The van der Waals surface area contributed by atoms with Gasteiger partial charge in [0.25, 0.3) is 0 Å². The summed E-state index contributed by atoms with van der Waals surface area (Å²) in [5.41, 5.74) is 4.00. The van der Waals surface area contributed by atoms with Crippen molar-refractivity contribution in [3.05, 3.63) is 35.0 Å². The molecule has 1 N–H and O–H groups in total. The second-order valence-electron chi connectivity index (χ2n) is 14.6. The van der Waals surface area contributed by atoms with E-state index in [1.165, 1.54) is 12.8 Å². The van der Waals surface area contributed by atoms with E-state index in [4.69, 9.17) is 14.6 Å². The minimum Gasteiger partial charge on any atom is -0.482 e. The van der Waals surface area contributed by atoms with E-state index in [2.05, 4.69) is 55.9 Å². The highest BCUT2D eigenvalue weighted by Gasteiger charge is 2.49. The van der Waals surface area contributed by atoms with Crippen LogP contribution < -0.4 is 10.1 Å². The molecule has 2 aromatic rings. The van der Waals surface area contributed by atoms with Crippen LogP contribution in [0.15, 0.2) is 18.2 Å². The van der Waals surface area contributed by atoms with E-state index >= 15 is 0 Å². The molecular weight excluding hydrogens is 530 g/mol. The fourth-order valence-corrected chi connectivity index (χ4v) is 7.10. The maximum Gasteiger partial charge on any atom is 0.410 e. The van der Waals surface area contributed by atoms with Crippen molar-refractivity contribution in [2.24, 2.45) is 5.92 Å². The van der Waals surface area contributed by atoms with Crippen LogP contribution in [0.5, 0.6) is 5.75 Å². The normalized spacial score (nSPS) is 22.7. The Balaban J connectivity index is 1.28. The first-order valence-corrected chi connectivity index (χ1v) is 15.7. The van der Waals surface area contributed by atoms with Gasteiger partial charge in [-0.25, -0.2) is 9.59 Å². The van der Waals surface area contributed by atoms with Crippen LogP contribution in [0.3, 0.4) is 0 Å². The van der Waals surface area contributed by atoms with E-state index < -0.39 is 11.2 Å². The average molecular weight is 578 g/mol. The van der Waals surface area contributed by atoms with Crippen LogP contribution in [0.2, 0.25) is 0 Å². The molecule has 3 fully saturated rings. The molecule has 228 valence electrons. The van der Waals surface area contributed by atoms with Gasteiger partial charge in [-0.3, -0.25) is 4.68 Å². The summed E-state index contributed by atoms with van der Waals surface area (Å²) in [7, 11) is 0. The van der Waals surface area contributed by atoms with E-state index in [-0.39, 0.29) is 23.7 Å². The fourth-order valence-electron chi connectivity index (χ4n) is 7.10. The van der Waals surface area contributed by atoms with Crippen LogP contribution in [0.1, 0.15) is 96.0 Å². The predicted octanol–water partition coefficient (Wildman–Crippen LogP) is 6.32. The first-order valence-electron chi connectivity index (χ1n) is 15.7. The lowest BCUT2D eigenvalue weighted by molar-refractivity contribution is -0.0145. The number of hydrogen-bond acceptors (Lipinski definition) is 5. The van der Waals surface area contributed by atoms with E-state index in [0.717, 1.165) is 66.1 Å². The number of ether oxygens (including phenoxy) is 2. The molecule has 1 aromatic heterocycles. The van der Waals surface area contributed by atoms with Gasteiger partial charge in [0.2, 0.25) is 0 Å². The molecule has 1 saturated carbocycles. The summed E-state index contributed by atoms with van der Waals surface area (Å²) in [4.78, 5) is 29.8. The third-order valence-electron chi connectivity index (χ3n) is 9.51. The molecule has 9 nitrogen and oxygen atoms in total. The van der Waals surface area contributed by atoms with Gasteiger partial charge >= 0.3 is 12.1 Å². The summed E-state index contributed by atoms with van der Waals surface area (Å²) >= 11 is 0. The van der Waals surface area contributed by atoms with Crippen molar-refractivity contribution in [2.45, 2.75) is 110 Å². The monoisotopic (exact) mass is 577 g/mol. The van der Waals surface area contributed by atoms with Gasteiger partial charge in [0.15, 0.2) is 0 Å². The van der Waals surface area contributed by atoms with Crippen LogP contribution in [0.4, 0.5) is 9.59 Å². The molecule has 3 amide bonds. The number of fused-ring (bicyclic) bond motifs is 4. The Morgan fingerprint density at radius 3 is 2.45 bits per heavy atom. The molecule has 6 rings (SSSR count). The summed E-state index contributed by atoms with van der Waals surface area (Å²) in [6.45, 7) is 16.9. The maximum absolute atomic E-state index is 13.0. The number of nitrogens with one attached hydrogen (secondary N) is 1. The molecule has 0 bridgehead atoms. The average Bonchev–Trinajstić information content (AvgIpc) is 3.66. The number of rotatable bonds is 3. The van der Waals surface area contributed by atoms with Crippen molar-refractivity contribution in [1.29, 1.82) is 0 Å². The van der Waals surface area contributed by atoms with E-state index in [1.54, 1.807) is 0 Å². The number of hydrogen-bond donors (Lipinski definition) is 1. The van der Waals surface area contributed by atoms with E-state index in [9.17, 15) is 9.59 Å². The summed E-state index contributed by atoms with van der Waals surface area (Å²) < 4.78 is 14.9. The second-order valence-corrected chi connectivity index (χ2v) is 14.6. The van der Waals surface area contributed by atoms with Crippen LogP contribution in [-0.4, -0.2) is 69.0 Å². The summed E-state index contributed by atoms with van der Waals surface area (Å²) in [6, 6.07) is 6.54. The zero-order valence-corrected chi connectivity index (χ0v) is 26.4. The minimum absolute atomic E-state index is 0.0374. The summed E-state index contributed by atoms with van der Waals surface area (Å²) in [6.07, 6.45) is 5.20. The van der Waals surface area contributed by atoms with Crippen LogP contribution in [0.25, 0.3) is 11.3 Å². The lowest BCUT2D eigenvalue weighted by Crippen LogP contribution is -2.54. The Kier molecular flexibility index (Phi) is 7.01. The smallest absolute Gasteiger partial charge is 0.410 e. The number of benzene rings is 1. The molecule has 9 heteroatoms. The quantitative estimate of drug-likeness (QED) is 0.461. The van der Waals surface area contributed by atoms with Crippen molar-refractivity contribution < 1.29 is 19.1 Å². The third-order valence-corrected chi connectivity index (χ3v) is 9.51. The highest BCUT2D eigenvalue weighted by atomic mass is 16.6. The standard InChI is InChI=1S/C33H47N5O4/c1-21-8-11-25-26(18-21)41-33(13-16-36(17-14-33)29(39)34-20-23-9-10-23)27-22(2)38(35-28(25)27)24-12-15-37(32(6,7)19-24)30(40)42-31(3,4)5/h8,11,18,23-24H,9-10,12-17,19-20H2,1-7H3,(H,34,39). The lowest BCUT2D eigenvalue weighted by Gasteiger charge is -2.46. The van der Waals surface area contributed by atoms with E-state index in [1.807, 2.05) is 30.6 Å². The molecule has 4 heterocycles. The third kappa shape index (κ3) is 5.35. The first kappa shape index (κ1) is 28.9. The molecular formula is C33H47N5O4. The number of likely N-dealkylation sites (tertiary alicyclic amines) is 2. The zero-order chi connectivity index (χ0) is 30.0. The molecule has 0 radical (unpaired) electrons. The number of carbonyl (C=O) groups excluding carboxylic acids is 2. The Labute approximate surface area is 249 Å². The molecule has 1 unspecified atom stereocenters. The fraction of sp³-hybridized carbons (Fsp3) is 0.667. The van der Waals surface area contributed by atoms with Gasteiger partial charge in [-0.15, -0.1) is 0 Å². The molecule has 2 saturated heterocycles. The lowest BCUT2D eigenvalue weighted by atomic mass is 9.79. The molecule has 1 aromatic carbocycles. The van der Waals surface area contributed by atoms with Gasteiger partial charge in [0, 0.05) is 61.4 Å². The van der Waals surface area contributed by atoms with Gasteiger partial charge in [-0.2, -0.15) is 5.10 Å². The Morgan fingerprint density at radius 1 is 1.10 bits per heavy atom. The van der Waals surface area contributed by atoms with Crippen LogP contribution in [-0.2, 0) is 10.3 Å². The van der Waals surface area contributed by atoms with Crippen molar-refractivity contribution in [2.75, 3.05) is 26.2 Å². The van der Waals surface area contributed by atoms with Crippen molar-refractivity contribution in [1.82, 2.24) is 24.9 Å². The largest absolute Gasteiger partial charge is 0.482 e. The number of carbonyl (C=O) groups is 2. The Hall–Kier alpha value is -3.23. The van der Waals surface area contributed by atoms with Gasteiger partial charge in [-0.1, -0.05) is 6.07 Å². The summed E-state index contributed by atoms with van der Waals surface area (Å²) in [5, 5.41) is 8.44. The van der Waals surface area contributed by atoms with Crippen LogP contribution >= 0.6 is 0 Å². The molecule has 42 heavy (non-hydrogen) atoms.